The van der Waals surface area contributed by atoms with Crippen LogP contribution in [-0.2, 0) is 6.54 Å². The molecule has 3 heteroatoms. The normalized spacial score (nSPS) is 9.27. The van der Waals surface area contributed by atoms with Gasteiger partial charge in [-0.05, 0) is 24.3 Å². The van der Waals surface area contributed by atoms with Gasteiger partial charge in [0.2, 0.25) is 0 Å². The van der Waals surface area contributed by atoms with Crippen LogP contribution in [0.15, 0.2) is 84.9 Å². The fraction of sp³-hybridized carbons (Fsp3) is 0.0526. The predicted molar refractivity (Wildman–Crippen MR) is 89.8 cm³/mol. The Bertz CT molecular complexity index is 605. The minimum atomic E-state index is 0. The molecule has 0 saturated carbocycles. The van der Waals surface area contributed by atoms with Gasteiger partial charge in [0.25, 0.3) is 0 Å². The zero-order valence-electron chi connectivity index (χ0n) is 12.3. The van der Waals surface area contributed by atoms with Crippen LogP contribution in [0.3, 0.4) is 0 Å². The van der Waals surface area contributed by atoms with Crippen molar-refractivity contribution in [3.05, 3.63) is 96.6 Å². The molecule has 106 valence electrons. The fourth-order valence-electron chi connectivity index (χ4n) is 2.25. The number of rotatable bonds is 4. The zero-order chi connectivity index (χ0) is 13.6. The Kier molecular flexibility index (Phi) is 8.24. The van der Waals surface area contributed by atoms with Gasteiger partial charge in [0, 0.05) is 17.9 Å². The molecule has 0 aliphatic carbocycles. The van der Waals surface area contributed by atoms with Crippen molar-refractivity contribution in [1.29, 1.82) is 0 Å². The maximum absolute atomic E-state index is 3.30. The first kappa shape index (κ1) is 18.8. The smallest absolute Gasteiger partial charge is 1.00 e. The number of hydrogen-bond donors (Lipinski definition) is 0. The Morgan fingerprint density at radius 1 is 0.682 bits per heavy atom. The summed E-state index contributed by atoms with van der Waals surface area (Å²) in [6, 6.07) is 32.3. The van der Waals surface area contributed by atoms with Crippen LogP contribution >= 0.6 is 0 Å². The molecule has 22 heavy (non-hydrogen) atoms. The Hall–Kier alpha value is -1.29. The third kappa shape index (κ3) is 4.87. The number of para-hydroxylation sites is 2. The molecule has 3 rings (SSSR count). The number of benzene rings is 3. The molecule has 0 aliphatic heterocycles. The van der Waals surface area contributed by atoms with Crippen molar-refractivity contribution >= 4 is 34.4 Å². The predicted octanol–water partition coefficient (Wildman–Crippen LogP) is 1.45. The third-order valence-electron chi connectivity index (χ3n) is 3.24. The van der Waals surface area contributed by atoms with Crippen LogP contribution < -0.4 is 21.9 Å². The molecule has 0 heterocycles. The summed E-state index contributed by atoms with van der Waals surface area (Å²) in [7, 11) is 0. The third-order valence-corrected chi connectivity index (χ3v) is 3.24. The van der Waals surface area contributed by atoms with E-state index in [0.717, 1.165) is 6.54 Å². The monoisotopic (exact) mass is 361 g/mol. The van der Waals surface area contributed by atoms with Gasteiger partial charge in [-0.15, -0.1) is 5.56 Å². The van der Waals surface area contributed by atoms with E-state index in [2.05, 4.69) is 71.6 Å². The van der Waals surface area contributed by atoms with E-state index in [1.807, 2.05) is 24.3 Å². The minimum absolute atomic E-state index is 0. The summed E-state index contributed by atoms with van der Waals surface area (Å²) < 4.78 is 0. The van der Waals surface area contributed by atoms with E-state index >= 15 is 0 Å². The van der Waals surface area contributed by atoms with Gasteiger partial charge in [0.1, 0.15) is 0 Å². The molecule has 3 aromatic carbocycles. The molecule has 0 radical (unpaired) electrons. The van der Waals surface area contributed by atoms with E-state index in [4.69, 9.17) is 0 Å². The summed E-state index contributed by atoms with van der Waals surface area (Å²) in [5, 5.41) is 0. The van der Waals surface area contributed by atoms with Crippen molar-refractivity contribution < 1.29 is 17.0 Å². The van der Waals surface area contributed by atoms with Gasteiger partial charge in [-0.2, -0.15) is 30.3 Å². The maximum atomic E-state index is 3.30. The summed E-state index contributed by atoms with van der Waals surface area (Å²) in [5.41, 5.74) is 3.56. The van der Waals surface area contributed by atoms with Crippen LogP contribution in [0.25, 0.3) is 0 Å². The maximum Gasteiger partial charge on any atom is 2.00 e. The summed E-state index contributed by atoms with van der Waals surface area (Å²) in [6.07, 6.45) is 0. The minimum Gasteiger partial charge on any atom is -1.00 e. The van der Waals surface area contributed by atoms with E-state index < -0.39 is 0 Å². The SMILES string of the molecule is [Br-].[Mg+2].[c-]1ccccc1CN(c1ccccc1)c1ccccc1. The van der Waals surface area contributed by atoms with Gasteiger partial charge in [0.05, 0.1) is 0 Å². The second kappa shape index (κ2) is 9.67. The Morgan fingerprint density at radius 2 is 1.18 bits per heavy atom. The van der Waals surface area contributed by atoms with Gasteiger partial charge < -0.3 is 21.9 Å². The van der Waals surface area contributed by atoms with Crippen LogP contribution in [0.5, 0.6) is 0 Å². The Labute approximate surface area is 158 Å². The molecular formula is C19H16BrMgN. The zero-order valence-corrected chi connectivity index (χ0v) is 15.3. The molecule has 0 atom stereocenters. The summed E-state index contributed by atoms with van der Waals surface area (Å²) in [5.74, 6) is 0. The Balaban J connectivity index is 0.00000121. The molecule has 0 bridgehead atoms. The summed E-state index contributed by atoms with van der Waals surface area (Å²) in [4.78, 5) is 2.30. The first-order chi connectivity index (χ1) is 9.93. The van der Waals surface area contributed by atoms with E-state index in [-0.39, 0.29) is 40.0 Å². The van der Waals surface area contributed by atoms with Crippen molar-refractivity contribution in [1.82, 2.24) is 0 Å². The summed E-state index contributed by atoms with van der Waals surface area (Å²) >= 11 is 0. The van der Waals surface area contributed by atoms with Crippen LogP contribution in [0.1, 0.15) is 5.56 Å². The van der Waals surface area contributed by atoms with Crippen molar-refractivity contribution in [2.75, 3.05) is 4.90 Å². The molecule has 0 aliphatic rings. The average molecular weight is 363 g/mol. The second-order valence-electron chi connectivity index (χ2n) is 4.65. The molecule has 0 aromatic heterocycles. The van der Waals surface area contributed by atoms with Crippen molar-refractivity contribution in [3.63, 3.8) is 0 Å². The number of anilines is 2. The molecule has 0 fully saturated rings. The number of nitrogens with zero attached hydrogens (tertiary/aromatic N) is 1. The molecule has 0 unspecified atom stereocenters. The van der Waals surface area contributed by atoms with Crippen LogP contribution in [-0.4, -0.2) is 23.1 Å². The van der Waals surface area contributed by atoms with Gasteiger partial charge in [-0.25, -0.2) is 0 Å². The standard InChI is InChI=1S/C19H16N.BrH.Mg/c1-4-10-17(11-5-1)16-20(18-12-6-2-7-13-18)19-14-8-3-9-15-19;;/h1-10,12-15H,16H2;1H;/q-1;;+2/p-1. The van der Waals surface area contributed by atoms with E-state index in [0.29, 0.717) is 0 Å². The fourth-order valence-corrected chi connectivity index (χ4v) is 2.25. The summed E-state index contributed by atoms with van der Waals surface area (Å²) in [6.45, 7) is 0.814. The molecular weight excluding hydrogens is 346 g/mol. The molecule has 0 spiro atoms. The van der Waals surface area contributed by atoms with Crippen molar-refractivity contribution in [2.24, 2.45) is 0 Å². The van der Waals surface area contributed by atoms with E-state index in [9.17, 15) is 0 Å². The van der Waals surface area contributed by atoms with Gasteiger partial charge in [-0.1, -0.05) is 36.4 Å². The largest absolute Gasteiger partial charge is 2.00 e. The van der Waals surface area contributed by atoms with Gasteiger partial charge in [0.15, 0.2) is 0 Å². The molecule has 0 N–H and O–H groups in total. The average Bonchev–Trinajstić information content (AvgIpc) is 2.55. The molecule has 3 aromatic rings. The van der Waals surface area contributed by atoms with Gasteiger partial charge in [-0.3, -0.25) is 0 Å². The quantitative estimate of drug-likeness (QED) is 0.502. The molecule has 0 saturated heterocycles. The van der Waals surface area contributed by atoms with Crippen LogP contribution in [0.4, 0.5) is 11.4 Å². The molecule has 0 amide bonds. The first-order valence-corrected chi connectivity index (χ1v) is 6.77. The Morgan fingerprint density at radius 3 is 1.64 bits per heavy atom. The van der Waals surface area contributed by atoms with E-state index in [1.165, 1.54) is 16.9 Å². The van der Waals surface area contributed by atoms with E-state index in [1.54, 1.807) is 0 Å². The van der Waals surface area contributed by atoms with Crippen LogP contribution in [0.2, 0.25) is 0 Å². The van der Waals surface area contributed by atoms with Gasteiger partial charge >= 0.3 is 23.1 Å². The number of hydrogen-bond acceptors (Lipinski definition) is 1. The second-order valence-corrected chi connectivity index (χ2v) is 4.65. The van der Waals surface area contributed by atoms with Crippen LogP contribution in [0, 0.1) is 6.07 Å². The topological polar surface area (TPSA) is 3.24 Å². The first-order valence-electron chi connectivity index (χ1n) is 6.77. The molecule has 1 nitrogen and oxygen atoms in total. The van der Waals surface area contributed by atoms with Crippen molar-refractivity contribution in [3.8, 4) is 0 Å². The number of halogens is 1. The van der Waals surface area contributed by atoms with Crippen molar-refractivity contribution in [2.45, 2.75) is 6.54 Å².